The van der Waals surface area contributed by atoms with Crippen molar-refractivity contribution < 1.29 is 0 Å². The van der Waals surface area contributed by atoms with E-state index in [1.165, 1.54) is 12.8 Å². The molecule has 0 heterocycles. The summed E-state index contributed by atoms with van der Waals surface area (Å²) in [5, 5.41) is 8.33. The van der Waals surface area contributed by atoms with Crippen LogP contribution >= 0.6 is 11.6 Å². The predicted molar refractivity (Wildman–Crippen MR) is 52.3 cm³/mol. The van der Waals surface area contributed by atoms with E-state index < -0.39 is 0 Å². The summed E-state index contributed by atoms with van der Waals surface area (Å²) >= 11 is 5.54. The van der Waals surface area contributed by atoms with Crippen molar-refractivity contribution in [3.63, 3.8) is 0 Å². The van der Waals surface area contributed by atoms with Gasteiger partial charge >= 0.3 is 0 Å². The third-order valence-electron chi connectivity index (χ3n) is 1.78. The molecule has 0 aliphatic heterocycles. The molecule has 0 radical (unpaired) electrons. The highest BCUT2D eigenvalue weighted by Gasteiger charge is 1.96. The Balaban J connectivity index is 3.09. The Morgan fingerprint density at radius 2 is 2.00 bits per heavy atom. The molecule has 70 valence electrons. The Morgan fingerprint density at radius 3 is 2.58 bits per heavy atom. The first-order valence-corrected chi connectivity index (χ1v) is 4.96. The summed E-state index contributed by atoms with van der Waals surface area (Å²) < 4.78 is 0. The molecule has 0 saturated carbocycles. The van der Waals surface area contributed by atoms with Crippen LogP contribution in [0.1, 0.15) is 25.7 Å². The van der Waals surface area contributed by atoms with E-state index in [4.69, 9.17) is 16.9 Å². The van der Waals surface area contributed by atoms with Gasteiger partial charge in [0.15, 0.2) is 0 Å². The molecule has 0 aliphatic carbocycles. The van der Waals surface area contributed by atoms with Crippen molar-refractivity contribution in [3.8, 4) is 6.07 Å². The van der Waals surface area contributed by atoms with Crippen LogP contribution in [0.3, 0.4) is 0 Å². The molecule has 2 nitrogen and oxygen atoms in total. The molecule has 0 aromatic heterocycles. The zero-order valence-corrected chi connectivity index (χ0v) is 8.48. The quantitative estimate of drug-likeness (QED) is 0.453. The van der Waals surface area contributed by atoms with Crippen LogP contribution in [0.25, 0.3) is 0 Å². The summed E-state index contributed by atoms with van der Waals surface area (Å²) in [7, 11) is 2.05. The lowest BCUT2D eigenvalue weighted by atomic mass is 10.2. The number of halogens is 1. The number of nitrogens with zero attached hydrogens (tertiary/aromatic N) is 2. The molecule has 0 aliphatic rings. The lowest BCUT2D eigenvalue weighted by Crippen LogP contribution is -2.20. The number of nitriles is 1. The SMILES string of the molecule is CN(CCC#N)CCCCCCl. The highest BCUT2D eigenvalue weighted by molar-refractivity contribution is 6.17. The van der Waals surface area contributed by atoms with Crippen LogP contribution in [0.4, 0.5) is 0 Å². The number of unbranched alkanes of at least 4 members (excludes halogenated alkanes) is 2. The van der Waals surface area contributed by atoms with Gasteiger partial charge in [-0.1, -0.05) is 6.42 Å². The lowest BCUT2D eigenvalue weighted by molar-refractivity contribution is 0.333. The number of hydrogen-bond donors (Lipinski definition) is 0. The zero-order valence-electron chi connectivity index (χ0n) is 7.72. The summed E-state index contributed by atoms with van der Waals surface area (Å²) in [4.78, 5) is 2.19. The minimum atomic E-state index is 0.631. The van der Waals surface area contributed by atoms with Crippen molar-refractivity contribution in [1.29, 1.82) is 5.26 Å². The molecule has 0 bridgehead atoms. The van der Waals surface area contributed by atoms with E-state index in [0.29, 0.717) is 6.42 Å². The number of rotatable bonds is 7. The van der Waals surface area contributed by atoms with Gasteiger partial charge in [-0.05, 0) is 26.4 Å². The van der Waals surface area contributed by atoms with Gasteiger partial charge < -0.3 is 4.90 Å². The van der Waals surface area contributed by atoms with E-state index in [1.54, 1.807) is 0 Å². The summed E-state index contributed by atoms with van der Waals surface area (Å²) in [5.41, 5.74) is 0. The highest BCUT2D eigenvalue weighted by Crippen LogP contribution is 1.98. The second-order valence-corrected chi connectivity index (χ2v) is 3.34. The third kappa shape index (κ3) is 7.84. The normalized spacial score (nSPS) is 10.2. The van der Waals surface area contributed by atoms with E-state index in [2.05, 4.69) is 18.0 Å². The average molecular weight is 189 g/mol. The van der Waals surface area contributed by atoms with Gasteiger partial charge in [0.25, 0.3) is 0 Å². The standard InChI is InChI=1S/C9H17ClN2/c1-12(9-5-7-11)8-4-2-3-6-10/h2-6,8-9H2,1H3. The smallest absolute Gasteiger partial charge is 0.0635 e. The molecule has 0 aromatic rings. The topological polar surface area (TPSA) is 27.0 Å². The van der Waals surface area contributed by atoms with Gasteiger partial charge in [-0.15, -0.1) is 11.6 Å². The van der Waals surface area contributed by atoms with Gasteiger partial charge in [0.1, 0.15) is 0 Å². The van der Waals surface area contributed by atoms with E-state index in [1.807, 2.05) is 0 Å². The number of alkyl halides is 1. The van der Waals surface area contributed by atoms with Crippen LogP contribution in [0.5, 0.6) is 0 Å². The molecule has 0 N–H and O–H groups in total. The van der Waals surface area contributed by atoms with Crippen molar-refractivity contribution in [2.24, 2.45) is 0 Å². The molecule has 0 atom stereocenters. The van der Waals surface area contributed by atoms with E-state index in [0.717, 1.165) is 25.4 Å². The van der Waals surface area contributed by atoms with Crippen LogP contribution in [0, 0.1) is 11.3 Å². The Kier molecular flexibility index (Phi) is 8.64. The van der Waals surface area contributed by atoms with E-state index in [9.17, 15) is 0 Å². The minimum absolute atomic E-state index is 0.631. The first-order valence-electron chi connectivity index (χ1n) is 4.42. The van der Waals surface area contributed by atoms with Crippen LogP contribution in [0.2, 0.25) is 0 Å². The molecule has 0 fully saturated rings. The van der Waals surface area contributed by atoms with Crippen LogP contribution in [-0.4, -0.2) is 30.9 Å². The summed E-state index contributed by atoms with van der Waals surface area (Å²) in [5.74, 6) is 0.766. The van der Waals surface area contributed by atoms with Gasteiger partial charge in [0.05, 0.1) is 6.07 Å². The second-order valence-electron chi connectivity index (χ2n) is 2.96. The predicted octanol–water partition coefficient (Wildman–Crippen LogP) is 2.24. The molecular formula is C9H17ClN2. The van der Waals surface area contributed by atoms with Crippen LogP contribution in [-0.2, 0) is 0 Å². The Hall–Kier alpha value is -0.260. The Morgan fingerprint density at radius 1 is 1.25 bits per heavy atom. The van der Waals surface area contributed by atoms with Gasteiger partial charge in [-0.2, -0.15) is 5.26 Å². The maximum absolute atomic E-state index is 8.33. The molecular weight excluding hydrogens is 172 g/mol. The van der Waals surface area contributed by atoms with E-state index in [-0.39, 0.29) is 0 Å². The fraction of sp³-hybridized carbons (Fsp3) is 0.889. The largest absolute Gasteiger partial charge is 0.305 e. The molecule has 3 heteroatoms. The average Bonchev–Trinajstić information content (AvgIpc) is 2.09. The van der Waals surface area contributed by atoms with E-state index >= 15 is 0 Å². The summed E-state index contributed by atoms with van der Waals surface area (Å²) in [6.07, 6.45) is 4.12. The van der Waals surface area contributed by atoms with Crippen molar-refractivity contribution in [2.75, 3.05) is 26.0 Å². The zero-order chi connectivity index (χ0) is 9.23. The van der Waals surface area contributed by atoms with Crippen molar-refractivity contribution in [1.82, 2.24) is 4.90 Å². The molecule has 0 rings (SSSR count). The molecule has 0 aromatic carbocycles. The Labute approximate surface area is 80.1 Å². The molecule has 0 spiro atoms. The highest BCUT2D eigenvalue weighted by atomic mass is 35.5. The maximum Gasteiger partial charge on any atom is 0.0635 e. The van der Waals surface area contributed by atoms with Crippen molar-refractivity contribution in [3.05, 3.63) is 0 Å². The number of hydrogen-bond acceptors (Lipinski definition) is 2. The van der Waals surface area contributed by atoms with Crippen molar-refractivity contribution in [2.45, 2.75) is 25.7 Å². The maximum atomic E-state index is 8.33. The first kappa shape index (κ1) is 11.7. The molecule has 12 heavy (non-hydrogen) atoms. The molecule has 0 saturated heterocycles. The summed E-state index contributed by atoms with van der Waals surface area (Å²) in [6, 6.07) is 2.14. The Bertz CT molecular complexity index is 131. The fourth-order valence-electron chi connectivity index (χ4n) is 1.01. The first-order chi connectivity index (χ1) is 5.81. The van der Waals surface area contributed by atoms with Gasteiger partial charge in [0.2, 0.25) is 0 Å². The van der Waals surface area contributed by atoms with Crippen LogP contribution in [0.15, 0.2) is 0 Å². The monoisotopic (exact) mass is 188 g/mol. The third-order valence-corrected chi connectivity index (χ3v) is 2.05. The second kappa shape index (κ2) is 8.83. The van der Waals surface area contributed by atoms with Gasteiger partial charge in [0, 0.05) is 18.8 Å². The molecule has 0 amide bonds. The minimum Gasteiger partial charge on any atom is -0.305 e. The van der Waals surface area contributed by atoms with Crippen molar-refractivity contribution >= 4 is 11.6 Å². The summed E-state index contributed by atoms with van der Waals surface area (Å²) in [6.45, 7) is 1.97. The molecule has 0 unspecified atom stereocenters. The van der Waals surface area contributed by atoms with Crippen LogP contribution < -0.4 is 0 Å². The fourth-order valence-corrected chi connectivity index (χ4v) is 1.19. The van der Waals surface area contributed by atoms with Gasteiger partial charge in [-0.3, -0.25) is 0 Å². The van der Waals surface area contributed by atoms with Gasteiger partial charge in [-0.25, -0.2) is 0 Å². The lowest BCUT2D eigenvalue weighted by Gasteiger charge is -2.13.